The van der Waals surface area contributed by atoms with Gasteiger partial charge in [-0.05, 0) is 49.2 Å². The van der Waals surface area contributed by atoms with Crippen molar-refractivity contribution in [1.29, 1.82) is 0 Å². The molecule has 0 aliphatic heterocycles. The Bertz CT molecular complexity index is 1040. The first kappa shape index (κ1) is 17.4. The van der Waals surface area contributed by atoms with Crippen molar-refractivity contribution in [3.8, 4) is 0 Å². The van der Waals surface area contributed by atoms with E-state index in [1.54, 1.807) is 11.6 Å². The van der Waals surface area contributed by atoms with Crippen molar-refractivity contribution >= 4 is 27.5 Å². The first-order chi connectivity index (χ1) is 11.7. The van der Waals surface area contributed by atoms with Gasteiger partial charge in [-0.2, -0.15) is 18.2 Å². The summed E-state index contributed by atoms with van der Waals surface area (Å²) in [6.07, 6.45) is -4.49. The fourth-order valence-corrected chi connectivity index (χ4v) is 3.72. The van der Waals surface area contributed by atoms with Crippen molar-refractivity contribution in [1.82, 2.24) is 4.57 Å². The molecule has 130 valence electrons. The molecule has 1 heterocycles. The minimum absolute atomic E-state index is 0.0832. The Kier molecular flexibility index (Phi) is 4.28. The molecule has 0 fully saturated rings. The lowest BCUT2D eigenvalue weighted by Gasteiger charge is -2.06. The largest absolute Gasteiger partial charge is 0.416 e. The highest BCUT2D eigenvalue weighted by Gasteiger charge is 2.30. The summed E-state index contributed by atoms with van der Waals surface area (Å²) < 4.78 is 41.2. The zero-order valence-electron chi connectivity index (χ0n) is 13.8. The molecule has 0 bridgehead atoms. The maximum atomic E-state index is 12.8. The Balaban J connectivity index is 2.10. The normalized spacial score (nSPS) is 12.8. The van der Waals surface area contributed by atoms with Gasteiger partial charge < -0.3 is 4.57 Å². The third-order valence-corrected chi connectivity index (χ3v) is 5.16. The number of benzene rings is 2. The SMILES string of the molecule is Cc1cc(C)c2sc(=NC(=O)c3cccc(C(F)(F)F)c3)n(C)c2c1. The fourth-order valence-electron chi connectivity index (χ4n) is 2.65. The topological polar surface area (TPSA) is 34.4 Å². The number of hydrogen-bond donors (Lipinski definition) is 0. The third-order valence-electron chi connectivity index (χ3n) is 3.88. The van der Waals surface area contributed by atoms with E-state index in [0.717, 1.165) is 33.5 Å². The summed E-state index contributed by atoms with van der Waals surface area (Å²) in [6.45, 7) is 3.96. The molecule has 0 atom stereocenters. The maximum Gasteiger partial charge on any atom is 0.416 e. The van der Waals surface area contributed by atoms with Crippen molar-refractivity contribution in [2.75, 3.05) is 0 Å². The molecule has 3 rings (SSSR count). The van der Waals surface area contributed by atoms with E-state index in [-0.39, 0.29) is 5.56 Å². The van der Waals surface area contributed by atoms with Crippen LogP contribution in [-0.4, -0.2) is 10.5 Å². The van der Waals surface area contributed by atoms with Crippen LogP contribution in [0.5, 0.6) is 0 Å². The van der Waals surface area contributed by atoms with Crippen LogP contribution in [0.3, 0.4) is 0 Å². The number of alkyl halides is 3. The van der Waals surface area contributed by atoms with Crippen molar-refractivity contribution < 1.29 is 18.0 Å². The van der Waals surface area contributed by atoms with Gasteiger partial charge in [0.05, 0.1) is 15.8 Å². The molecule has 25 heavy (non-hydrogen) atoms. The molecule has 0 saturated carbocycles. The van der Waals surface area contributed by atoms with E-state index in [1.807, 2.05) is 26.0 Å². The van der Waals surface area contributed by atoms with Crippen LogP contribution in [-0.2, 0) is 13.2 Å². The summed E-state index contributed by atoms with van der Waals surface area (Å²) in [6, 6.07) is 8.34. The quantitative estimate of drug-likeness (QED) is 0.621. The van der Waals surface area contributed by atoms with Gasteiger partial charge in [0.25, 0.3) is 5.91 Å². The minimum Gasteiger partial charge on any atom is -0.319 e. The lowest BCUT2D eigenvalue weighted by atomic mass is 10.1. The predicted octanol–water partition coefficient (Wildman–Crippen LogP) is 4.62. The van der Waals surface area contributed by atoms with Crippen molar-refractivity contribution in [2.24, 2.45) is 12.0 Å². The van der Waals surface area contributed by atoms with Crippen molar-refractivity contribution in [3.05, 3.63) is 63.5 Å². The zero-order chi connectivity index (χ0) is 18.4. The van der Waals surface area contributed by atoms with Gasteiger partial charge in [-0.15, -0.1) is 0 Å². The average molecular weight is 364 g/mol. The van der Waals surface area contributed by atoms with E-state index in [0.29, 0.717) is 4.80 Å². The molecular weight excluding hydrogens is 349 g/mol. The van der Waals surface area contributed by atoms with E-state index in [9.17, 15) is 18.0 Å². The summed E-state index contributed by atoms with van der Waals surface area (Å²) in [5, 5.41) is 0. The smallest absolute Gasteiger partial charge is 0.319 e. The molecule has 0 saturated heterocycles. The first-order valence-corrected chi connectivity index (χ1v) is 8.31. The van der Waals surface area contributed by atoms with E-state index in [1.165, 1.54) is 23.5 Å². The molecule has 1 amide bonds. The summed E-state index contributed by atoms with van der Waals surface area (Å²) in [7, 11) is 1.79. The lowest BCUT2D eigenvalue weighted by Crippen LogP contribution is -2.14. The standard InChI is InChI=1S/C18H15F3N2OS/c1-10-7-11(2)15-14(8-10)23(3)17(25-15)22-16(24)12-5-4-6-13(9-12)18(19,20)21/h4-9H,1-3H3. The second-order valence-electron chi connectivity index (χ2n) is 5.87. The van der Waals surface area contributed by atoms with E-state index >= 15 is 0 Å². The number of amides is 1. The molecule has 0 aliphatic rings. The number of carbonyl (C=O) groups excluding carboxylic acids is 1. The van der Waals surface area contributed by atoms with Crippen molar-refractivity contribution in [2.45, 2.75) is 20.0 Å². The van der Waals surface area contributed by atoms with Gasteiger partial charge in [0.15, 0.2) is 4.80 Å². The van der Waals surface area contributed by atoms with Crippen LogP contribution in [0.25, 0.3) is 10.2 Å². The number of nitrogens with zero attached hydrogens (tertiary/aromatic N) is 2. The van der Waals surface area contributed by atoms with Crippen LogP contribution >= 0.6 is 11.3 Å². The summed E-state index contributed by atoms with van der Waals surface area (Å²) in [5.41, 5.74) is 2.16. The molecule has 0 N–H and O–H groups in total. The third kappa shape index (κ3) is 3.37. The number of halogens is 3. The molecule has 7 heteroatoms. The zero-order valence-corrected chi connectivity index (χ0v) is 14.6. The van der Waals surface area contributed by atoms with Gasteiger partial charge in [0, 0.05) is 12.6 Å². The van der Waals surface area contributed by atoms with E-state index in [4.69, 9.17) is 0 Å². The van der Waals surface area contributed by atoms with Crippen LogP contribution in [0.1, 0.15) is 27.0 Å². The van der Waals surface area contributed by atoms with Crippen LogP contribution in [0.2, 0.25) is 0 Å². The Morgan fingerprint density at radius 3 is 2.56 bits per heavy atom. The monoisotopic (exact) mass is 364 g/mol. The highest BCUT2D eigenvalue weighted by Crippen LogP contribution is 2.29. The molecular formula is C18H15F3N2OS. The van der Waals surface area contributed by atoms with Crippen LogP contribution in [0, 0.1) is 13.8 Å². The highest BCUT2D eigenvalue weighted by atomic mass is 32.1. The predicted molar refractivity (Wildman–Crippen MR) is 91.6 cm³/mol. The van der Waals surface area contributed by atoms with E-state index in [2.05, 4.69) is 4.99 Å². The van der Waals surface area contributed by atoms with Crippen molar-refractivity contribution in [3.63, 3.8) is 0 Å². The Morgan fingerprint density at radius 1 is 1.16 bits per heavy atom. The Morgan fingerprint density at radius 2 is 1.88 bits per heavy atom. The van der Waals surface area contributed by atoms with Gasteiger partial charge in [0.1, 0.15) is 0 Å². The number of aromatic nitrogens is 1. The maximum absolute atomic E-state index is 12.8. The fraction of sp³-hybridized carbons (Fsp3) is 0.222. The number of rotatable bonds is 1. The molecule has 3 nitrogen and oxygen atoms in total. The first-order valence-electron chi connectivity index (χ1n) is 7.50. The molecule has 0 unspecified atom stereocenters. The molecule has 2 aromatic carbocycles. The molecule has 0 aliphatic carbocycles. The van der Waals surface area contributed by atoms with Crippen LogP contribution in [0.15, 0.2) is 41.4 Å². The Labute approximate surface area is 146 Å². The summed E-state index contributed by atoms with van der Waals surface area (Å²) >= 11 is 1.35. The lowest BCUT2D eigenvalue weighted by molar-refractivity contribution is -0.137. The second kappa shape index (κ2) is 6.15. The van der Waals surface area contributed by atoms with Gasteiger partial charge in [-0.3, -0.25) is 4.79 Å². The number of fused-ring (bicyclic) bond motifs is 1. The van der Waals surface area contributed by atoms with E-state index < -0.39 is 17.6 Å². The Hall–Kier alpha value is -2.41. The average Bonchev–Trinajstić information content (AvgIpc) is 2.84. The molecule has 3 aromatic rings. The van der Waals surface area contributed by atoms with Gasteiger partial charge in [-0.25, -0.2) is 0 Å². The number of aryl methyl sites for hydroxylation is 3. The minimum atomic E-state index is -4.49. The van der Waals surface area contributed by atoms with Gasteiger partial charge >= 0.3 is 6.18 Å². The molecule has 0 radical (unpaired) electrons. The van der Waals surface area contributed by atoms with Crippen LogP contribution < -0.4 is 4.80 Å². The summed E-state index contributed by atoms with van der Waals surface area (Å²) in [5.74, 6) is -0.692. The summed E-state index contributed by atoms with van der Waals surface area (Å²) in [4.78, 5) is 16.8. The molecule has 1 aromatic heterocycles. The van der Waals surface area contributed by atoms with Crippen LogP contribution in [0.4, 0.5) is 13.2 Å². The van der Waals surface area contributed by atoms with Gasteiger partial charge in [0.2, 0.25) is 0 Å². The highest BCUT2D eigenvalue weighted by molar-refractivity contribution is 7.16. The number of thiazole rings is 1. The number of carbonyl (C=O) groups is 1. The molecule has 0 spiro atoms. The van der Waals surface area contributed by atoms with Gasteiger partial charge in [-0.1, -0.05) is 23.5 Å². The second-order valence-corrected chi connectivity index (χ2v) is 6.85. The number of hydrogen-bond acceptors (Lipinski definition) is 2.